The lowest BCUT2D eigenvalue weighted by atomic mass is 10.0. The molecule has 0 aromatic heterocycles. The van der Waals surface area contributed by atoms with Crippen molar-refractivity contribution in [3.05, 3.63) is 29.3 Å². The Balaban J connectivity index is 1.90. The van der Waals surface area contributed by atoms with E-state index in [0.717, 1.165) is 5.56 Å². The molecule has 2 saturated heterocycles. The SMILES string of the molecule is COc1ccc(C(=O)N2CCN(C(=O)C(C)C)C3CS(=O)(=O)CC32)cc1C. The summed E-state index contributed by atoms with van der Waals surface area (Å²) in [6.45, 7) is 6.15. The molecule has 2 unspecified atom stereocenters. The fourth-order valence-corrected chi connectivity index (χ4v) is 5.97. The number of hydrogen-bond donors (Lipinski definition) is 0. The topological polar surface area (TPSA) is 84.0 Å². The van der Waals surface area contributed by atoms with Crippen molar-refractivity contribution in [2.75, 3.05) is 31.7 Å². The number of fused-ring (bicyclic) bond motifs is 1. The summed E-state index contributed by atoms with van der Waals surface area (Å²) in [4.78, 5) is 28.9. The van der Waals surface area contributed by atoms with Crippen LogP contribution in [0.4, 0.5) is 0 Å². The average Bonchev–Trinajstić information content (AvgIpc) is 2.94. The number of methoxy groups -OCH3 is 1. The van der Waals surface area contributed by atoms with Gasteiger partial charge in [-0.3, -0.25) is 9.59 Å². The van der Waals surface area contributed by atoms with Crippen LogP contribution in [0.15, 0.2) is 18.2 Å². The second-order valence-corrected chi connectivity index (χ2v) is 9.73. The third-order valence-electron chi connectivity index (χ3n) is 5.36. The van der Waals surface area contributed by atoms with Gasteiger partial charge in [-0.1, -0.05) is 13.8 Å². The first kappa shape index (κ1) is 19.7. The van der Waals surface area contributed by atoms with Crippen molar-refractivity contribution in [1.82, 2.24) is 9.80 Å². The lowest BCUT2D eigenvalue weighted by Crippen LogP contribution is -2.62. The van der Waals surface area contributed by atoms with Crippen LogP contribution in [0.5, 0.6) is 5.75 Å². The molecule has 3 rings (SSSR count). The van der Waals surface area contributed by atoms with Gasteiger partial charge < -0.3 is 14.5 Å². The van der Waals surface area contributed by atoms with E-state index in [9.17, 15) is 18.0 Å². The molecule has 0 radical (unpaired) electrons. The highest BCUT2D eigenvalue weighted by atomic mass is 32.2. The van der Waals surface area contributed by atoms with Crippen LogP contribution in [-0.2, 0) is 14.6 Å². The van der Waals surface area contributed by atoms with Gasteiger partial charge >= 0.3 is 0 Å². The van der Waals surface area contributed by atoms with Gasteiger partial charge in [0.25, 0.3) is 5.91 Å². The van der Waals surface area contributed by atoms with E-state index in [4.69, 9.17) is 4.74 Å². The maximum Gasteiger partial charge on any atom is 0.254 e. The number of piperazine rings is 1. The molecule has 148 valence electrons. The van der Waals surface area contributed by atoms with Crippen molar-refractivity contribution >= 4 is 21.7 Å². The third kappa shape index (κ3) is 3.67. The summed E-state index contributed by atoms with van der Waals surface area (Å²) in [6, 6.07) is 4.22. The van der Waals surface area contributed by atoms with Gasteiger partial charge in [-0.05, 0) is 30.7 Å². The number of carbonyl (C=O) groups is 2. The Hall–Kier alpha value is -2.09. The van der Waals surface area contributed by atoms with E-state index in [1.807, 2.05) is 6.92 Å². The van der Waals surface area contributed by atoms with E-state index in [0.29, 0.717) is 24.4 Å². The maximum atomic E-state index is 13.1. The van der Waals surface area contributed by atoms with Crippen LogP contribution in [0.25, 0.3) is 0 Å². The summed E-state index contributed by atoms with van der Waals surface area (Å²) in [6.07, 6.45) is 0. The Bertz CT molecular complexity index is 865. The van der Waals surface area contributed by atoms with Gasteiger partial charge in [0.15, 0.2) is 9.84 Å². The molecular weight excluding hydrogens is 368 g/mol. The highest BCUT2D eigenvalue weighted by Crippen LogP contribution is 2.30. The number of aryl methyl sites for hydroxylation is 1. The van der Waals surface area contributed by atoms with Crippen LogP contribution in [0.1, 0.15) is 29.8 Å². The summed E-state index contributed by atoms with van der Waals surface area (Å²) in [5, 5.41) is 0. The quantitative estimate of drug-likeness (QED) is 0.767. The second-order valence-electron chi connectivity index (χ2n) is 7.58. The predicted octanol–water partition coefficient (Wildman–Crippen LogP) is 1.11. The predicted molar refractivity (Wildman–Crippen MR) is 102 cm³/mol. The number of benzene rings is 1. The zero-order chi connectivity index (χ0) is 19.9. The normalized spacial score (nSPS) is 24.0. The monoisotopic (exact) mass is 394 g/mol. The molecule has 2 aliphatic heterocycles. The zero-order valence-corrected chi connectivity index (χ0v) is 17.0. The van der Waals surface area contributed by atoms with Crippen molar-refractivity contribution in [1.29, 1.82) is 0 Å². The van der Waals surface area contributed by atoms with Gasteiger partial charge in [0.2, 0.25) is 5.91 Å². The van der Waals surface area contributed by atoms with Crippen LogP contribution in [0, 0.1) is 12.8 Å². The van der Waals surface area contributed by atoms with Crippen LogP contribution in [0.3, 0.4) is 0 Å². The van der Waals surface area contributed by atoms with E-state index in [1.54, 1.807) is 49.0 Å². The van der Waals surface area contributed by atoms with Crippen molar-refractivity contribution in [2.24, 2.45) is 5.92 Å². The molecule has 2 atom stereocenters. The molecule has 8 heteroatoms. The Morgan fingerprint density at radius 3 is 2.26 bits per heavy atom. The lowest BCUT2D eigenvalue weighted by molar-refractivity contribution is -0.139. The molecule has 7 nitrogen and oxygen atoms in total. The highest BCUT2D eigenvalue weighted by Gasteiger charge is 2.49. The van der Waals surface area contributed by atoms with Gasteiger partial charge in [0, 0.05) is 24.6 Å². The summed E-state index contributed by atoms with van der Waals surface area (Å²) in [7, 11) is -1.72. The fraction of sp³-hybridized carbons (Fsp3) is 0.579. The molecule has 0 N–H and O–H groups in total. The Labute approximate surface area is 160 Å². The molecular formula is C19H26N2O5S. The summed E-state index contributed by atoms with van der Waals surface area (Å²) < 4.78 is 29.8. The van der Waals surface area contributed by atoms with Gasteiger partial charge in [0.05, 0.1) is 30.7 Å². The molecule has 0 aliphatic carbocycles. The molecule has 0 spiro atoms. The number of nitrogens with zero attached hydrogens (tertiary/aromatic N) is 2. The van der Waals surface area contributed by atoms with E-state index < -0.39 is 21.9 Å². The van der Waals surface area contributed by atoms with Crippen molar-refractivity contribution in [3.8, 4) is 5.75 Å². The maximum absolute atomic E-state index is 13.1. The third-order valence-corrected chi connectivity index (χ3v) is 7.05. The number of rotatable bonds is 3. The molecule has 2 fully saturated rings. The summed E-state index contributed by atoms with van der Waals surface area (Å²) >= 11 is 0. The van der Waals surface area contributed by atoms with Gasteiger partial charge in [-0.25, -0.2) is 8.42 Å². The number of sulfone groups is 1. The van der Waals surface area contributed by atoms with Crippen molar-refractivity contribution in [3.63, 3.8) is 0 Å². The van der Waals surface area contributed by atoms with Crippen LogP contribution >= 0.6 is 0 Å². The molecule has 2 amide bonds. The molecule has 0 bridgehead atoms. The second kappa shape index (κ2) is 7.14. The number of hydrogen-bond acceptors (Lipinski definition) is 5. The standard InChI is InChI=1S/C19H26N2O5S/c1-12(2)18(22)20-7-8-21(16-11-27(24,25)10-15(16)20)19(23)14-5-6-17(26-4)13(3)9-14/h5-6,9,12,15-16H,7-8,10-11H2,1-4H3. The van der Waals surface area contributed by atoms with Crippen LogP contribution in [0.2, 0.25) is 0 Å². The highest BCUT2D eigenvalue weighted by molar-refractivity contribution is 7.91. The minimum atomic E-state index is -3.30. The molecule has 1 aromatic rings. The van der Waals surface area contributed by atoms with E-state index in [2.05, 4.69) is 0 Å². The molecule has 1 aromatic carbocycles. The number of ether oxygens (including phenoxy) is 1. The minimum absolute atomic E-state index is 0.0607. The van der Waals surface area contributed by atoms with E-state index >= 15 is 0 Å². The largest absolute Gasteiger partial charge is 0.496 e. The summed E-state index contributed by atoms with van der Waals surface area (Å²) in [5.74, 6) is 0.0433. The smallest absolute Gasteiger partial charge is 0.254 e. The van der Waals surface area contributed by atoms with Crippen molar-refractivity contribution in [2.45, 2.75) is 32.9 Å². The van der Waals surface area contributed by atoms with E-state index in [-0.39, 0.29) is 29.2 Å². The Morgan fingerprint density at radius 2 is 1.70 bits per heavy atom. The first-order chi connectivity index (χ1) is 12.6. The first-order valence-corrected chi connectivity index (χ1v) is 10.9. The number of carbonyl (C=O) groups excluding carboxylic acids is 2. The van der Waals surface area contributed by atoms with Gasteiger partial charge in [-0.2, -0.15) is 0 Å². The minimum Gasteiger partial charge on any atom is -0.496 e. The van der Waals surface area contributed by atoms with E-state index in [1.165, 1.54) is 0 Å². The molecule has 2 heterocycles. The molecule has 2 aliphatic rings. The zero-order valence-electron chi connectivity index (χ0n) is 16.1. The Kier molecular flexibility index (Phi) is 5.20. The first-order valence-electron chi connectivity index (χ1n) is 9.11. The number of amides is 2. The lowest BCUT2D eigenvalue weighted by Gasteiger charge is -2.44. The van der Waals surface area contributed by atoms with Crippen LogP contribution < -0.4 is 4.74 Å². The van der Waals surface area contributed by atoms with Crippen molar-refractivity contribution < 1.29 is 22.7 Å². The molecule has 27 heavy (non-hydrogen) atoms. The molecule has 0 saturated carbocycles. The average molecular weight is 394 g/mol. The summed E-state index contributed by atoms with van der Waals surface area (Å²) in [5.41, 5.74) is 1.34. The van der Waals surface area contributed by atoms with Gasteiger partial charge in [-0.15, -0.1) is 0 Å². The van der Waals surface area contributed by atoms with Gasteiger partial charge in [0.1, 0.15) is 5.75 Å². The van der Waals surface area contributed by atoms with Crippen LogP contribution in [-0.4, -0.2) is 73.8 Å². The Morgan fingerprint density at radius 1 is 1.11 bits per heavy atom. The fourth-order valence-electron chi connectivity index (χ4n) is 3.99.